The van der Waals surface area contributed by atoms with E-state index in [1.54, 1.807) is 0 Å². The van der Waals surface area contributed by atoms with Crippen LogP contribution >= 0.6 is 0 Å². The maximum atomic E-state index is 2.52. The first-order valence-electron chi connectivity index (χ1n) is 7.15. The summed E-state index contributed by atoms with van der Waals surface area (Å²) in [5, 5.41) is 0. The van der Waals surface area contributed by atoms with Crippen molar-refractivity contribution in [2.45, 2.75) is 75.2 Å². The standard InChI is InChI=1S/C16H34/c1-10-13(5)16(9,14(6)12(3)4)15(7,8)11-2/h12-14H,10-11H2,1-9H3. The van der Waals surface area contributed by atoms with Crippen molar-refractivity contribution < 1.29 is 0 Å². The third kappa shape index (κ3) is 2.63. The molecule has 98 valence electrons. The highest BCUT2D eigenvalue weighted by molar-refractivity contribution is 4.96. The van der Waals surface area contributed by atoms with Crippen LogP contribution in [0.25, 0.3) is 0 Å². The van der Waals surface area contributed by atoms with Crippen LogP contribution in [0.2, 0.25) is 0 Å². The van der Waals surface area contributed by atoms with Gasteiger partial charge in [-0.2, -0.15) is 0 Å². The van der Waals surface area contributed by atoms with Crippen molar-refractivity contribution in [2.75, 3.05) is 0 Å². The molecule has 0 rings (SSSR count). The molecule has 0 fully saturated rings. The predicted molar refractivity (Wildman–Crippen MR) is 75.6 cm³/mol. The van der Waals surface area contributed by atoms with E-state index in [4.69, 9.17) is 0 Å². The van der Waals surface area contributed by atoms with Crippen LogP contribution in [0.5, 0.6) is 0 Å². The van der Waals surface area contributed by atoms with Gasteiger partial charge >= 0.3 is 0 Å². The van der Waals surface area contributed by atoms with Crippen LogP contribution in [0.1, 0.15) is 75.2 Å². The van der Waals surface area contributed by atoms with Crippen LogP contribution in [0.3, 0.4) is 0 Å². The molecule has 0 saturated heterocycles. The minimum Gasteiger partial charge on any atom is -0.0651 e. The molecular formula is C16H34. The Hall–Kier alpha value is 0. The molecule has 0 aromatic carbocycles. The maximum Gasteiger partial charge on any atom is -0.0221 e. The van der Waals surface area contributed by atoms with Gasteiger partial charge in [-0.05, 0) is 28.6 Å². The van der Waals surface area contributed by atoms with Crippen LogP contribution in [-0.2, 0) is 0 Å². The first-order chi connectivity index (χ1) is 7.15. The smallest absolute Gasteiger partial charge is 0.0221 e. The summed E-state index contributed by atoms with van der Waals surface area (Å²) in [7, 11) is 0. The Morgan fingerprint density at radius 3 is 1.56 bits per heavy atom. The molecule has 16 heavy (non-hydrogen) atoms. The van der Waals surface area contributed by atoms with E-state index in [1.807, 2.05) is 0 Å². The van der Waals surface area contributed by atoms with Gasteiger partial charge in [-0.25, -0.2) is 0 Å². The zero-order chi connectivity index (χ0) is 13.1. The third-order valence-electron chi connectivity index (χ3n) is 5.92. The summed E-state index contributed by atoms with van der Waals surface area (Å²) in [6, 6.07) is 0. The Bertz CT molecular complexity index is 202. The largest absolute Gasteiger partial charge is 0.0651 e. The molecule has 0 aliphatic carbocycles. The first-order valence-corrected chi connectivity index (χ1v) is 7.15. The fourth-order valence-electron chi connectivity index (χ4n) is 3.23. The highest BCUT2D eigenvalue weighted by Crippen LogP contribution is 2.54. The average Bonchev–Trinajstić information content (AvgIpc) is 2.25. The Kier molecular flexibility index (Phi) is 5.56. The molecule has 0 aromatic rings. The van der Waals surface area contributed by atoms with Crippen LogP contribution in [0.4, 0.5) is 0 Å². The van der Waals surface area contributed by atoms with E-state index in [1.165, 1.54) is 12.8 Å². The molecule has 0 heterocycles. The van der Waals surface area contributed by atoms with Gasteiger partial charge in [0.15, 0.2) is 0 Å². The van der Waals surface area contributed by atoms with Gasteiger partial charge in [0, 0.05) is 0 Å². The van der Waals surface area contributed by atoms with Gasteiger partial charge in [0.25, 0.3) is 0 Å². The van der Waals surface area contributed by atoms with E-state index in [0.29, 0.717) is 10.8 Å². The normalized spacial score (nSPS) is 20.6. The number of rotatable bonds is 6. The highest BCUT2D eigenvalue weighted by atomic mass is 14.5. The third-order valence-corrected chi connectivity index (χ3v) is 5.92. The lowest BCUT2D eigenvalue weighted by Gasteiger charge is -2.53. The predicted octanol–water partition coefficient (Wildman–Crippen LogP) is 5.77. The second kappa shape index (κ2) is 5.56. The van der Waals surface area contributed by atoms with Crippen molar-refractivity contribution in [3.05, 3.63) is 0 Å². The molecule has 0 saturated carbocycles. The fourth-order valence-corrected chi connectivity index (χ4v) is 3.23. The average molecular weight is 226 g/mol. The van der Waals surface area contributed by atoms with E-state index >= 15 is 0 Å². The highest BCUT2D eigenvalue weighted by Gasteiger charge is 2.47. The quantitative estimate of drug-likeness (QED) is 0.539. The van der Waals surface area contributed by atoms with Gasteiger partial charge in [-0.1, -0.05) is 75.2 Å². The molecule has 0 aromatic heterocycles. The molecule has 0 heteroatoms. The van der Waals surface area contributed by atoms with E-state index in [9.17, 15) is 0 Å². The van der Waals surface area contributed by atoms with Gasteiger partial charge in [-0.15, -0.1) is 0 Å². The molecule has 0 bridgehead atoms. The van der Waals surface area contributed by atoms with Gasteiger partial charge < -0.3 is 0 Å². The number of hydrogen-bond acceptors (Lipinski definition) is 0. The SMILES string of the molecule is CCC(C)C(C)(C(C)C(C)C)C(C)(C)CC. The lowest BCUT2D eigenvalue weighted by atomic mass is 9.51. The topological polar surface area (TPSA) is 0 Å². The van der Waals surface area contributed by atoms with Crippen LogP contribution < -0.4 is 0 Å². The van der Waals surface area contributed by atoms with Crippen LogP contribution in [0, 0.1) is 28.6 Å². The summed E-state index contributed by atoms with van der Waals surface area (Å²) in [5.41, 5.74) is 0.858. The van der Waals surface area contributed by atoms with Crippen molar-refractivity contribution >= 4 is 0 Å². The zero-order valence-corrected chi connectivity index (χ0v) is 13.1. The summed E-state index contributed by atoms with van der Waals surface area (Å²) >= 11 is 0. The lowest BCUT2D eigenvalue weighted by molar-refractivity contribution is -0.0475. The monoisotopic (exact) mass is 226 g/mol. The van der Waals surface area contributed by atoms with Crippen molar-refractivity contribution in [3.8, 4) is 0 Å². The minimum absolute atomic E-state index is 0.423. The van der Waals surface area contributed by atoms with E-state index in [0.717, 1.165) is 17.8 Å². The Balaban J connectivity index is 5.35. The Morgan fingerprint density at radius 2 is 1.31 bits per heavy atom. The molecule has 0 nitrogen and oxygen atoms in total. The molecule has 3 unspecified atom stereocenters. The van der Waals surface area contributed by atoms with Crippen molar-refractivity contribution in [3.63, 3.8) is 0 Å². The molecule has 0 aliphatic heterocycles. The van der Waals surface area contributed by atoms with Gasteiger partial charge in [0.05, 0.1) is 0 Å². The summed E-state index contributed by atoms with van der Waals surface area (Å²) < 4.78 is 0. The Labute approximate surface area is 104 Å². The van der Waals surface area contributed by atoms with E-state index in [2.05, 4.69) is 62.3 Å². The van der Waals surface area contributed by atoms with Crippen molar-refractivity contribution in [1.29, 1.82) is 0 Å². The molecular weight excluding hydrogens is 192 g/mol. The second-order valence-corrected chi connectivity index (χ2v) is 6.86. The molecule has 0 radical (unpaired) electrons. The zero-order valence-electron chi connectivity index (χ0n) is 13.1. The summed E-state index contributed by atoms with van der Waals surface area (Å²) in [5.74, 6) is 2.34. The van der Waals surface area contributed by atoms with Gasteiger partial charge in [0.1, 0.15) is 0 Å². The van der Waals surface area contributed by atoms with Crippen molar-refractivity contribution in [1.82, 2.24) is 0 Å². The minimum atomic E-state index is 0.423. The fraction of sp³-hybridized carbons (Fsp3) is 1.00. The molecule has 3 atom stereocenters. The Morgan fingerprint density at radius 1 is 0.875 bits per heavy atom. The lowest BCUT2D eigenvalue weighted by Crippen LogP contribution is -2.46. The van der Waals surface area contributed by atoms with E-state index in [-0.39, 0.29) is 0 Å². The maximum absolute atomic E-state index is 2.52. The number of hydrogen-bond donors (Lipinski definition) is 0. The summed E-state index contributed by atoms with van der Waals surface area (Å²) in [4.78, 5) is 0. The molecule has 0 spiro atoms. The van der Waals surface area contributed by atoms with Crippen molar-refractivity contribution in [2.24, 2.45) is 28.6 Å². The molecule has 0 N–H and O–H groups in total. The van der Waals surface area contributed by atoms with Crippen LogP contribution in [-0.4, -0.2) is 0 Å². The molecule has 0 aliphatic rings. The van der Waals surface area contributed by atoms with Gasteiger partial charge in [-0.3, -0.25) is 0 Å². The summed E-state index contributed by atoms with van der Waals surface area (Å²) in [6.45, 7) is 21.7. The second-order valence-electron chi connectivity index (χ2n) is 6.86. The first kappa shape index (κ1) is 16.0. The summed E-state index contributed by atoms with van der Waals surface area (Å²) in [6.07, 6.45) is 2.56. The molecule has 0 amide bonds. The van der Waals surface area contributed by atoms with Crippen LogP contribution in [0.15, 0.2) is 0 Å². The van der Waals surface area contributed by atoms with Gasteiger partial charge in [0.2, 0.25) is 0 Å². The van der Waals surface area contributed by atoms with E-state index < -0.39 is 0 Å².